The molecule has 2 aromatic heterocycles. The Morgan fingerprint density at radius 2 is 1.70 bits per heavy atom. The molecule has 5 heteroatoms. The molecular formula is C35H31N3O2. The van der Waals surface area contributed by atoms with Crippen LogP contribution in [0.25, 0.3) is 49.5 Å². The van der Waals surface area contributed by atoms with E-state index in [0.717, 1.165) is 76.4 Å². The van der Waals surface area contributed by atoms with Gasteiger partial charge >= 0.3 is 0 Å². The van der Waals surface area contributed by atoms with Crippen LogP contribution in [0.3, 0.4) is 0 Å². The van der Waals surface area contributed by atoms with Crippen LogP contribution >= 0.6 is 0 Å². The number of nitrogens with one attached hydrogen (secondary N) is 1. The van der Waals surface area contributed by atoms with Crippen molar-refractivity contribution in [2.75, 3.05) is 11.9 Å². The minimum absolute atomic E-state index is 0.590. The molecule has 0 atom stereocenters. The van der Waals surface area contributed by atoms with Crippen molar-refractivity contribution in [2.24, 2.45) is 0 Å². The molecule has 0 bridgehead atoms. The van der Waals surface area contributed by atoms with Crippen molar-refractivity contribution in [3.8, 4) is 16.8 Å². The molecule has 40 heavy (non-hydrogen) atoms. The number of aldehydes is 1. The average molecular weight is 526 g/mol. The van der Waals surface area contributed by atoms with E-state index in [1.54, 1.807) is 0 Å². The van der Waals surface area contributed by atoms with E-state index in [4.69, 9.17) is 4.98 Å². The summed E-state index contributed by atoms with van der Waals surface area (Å²) in [6.45, 7) is 0.618. The van der Waals surface area contributed by atoms with Gasteiger partial charge in [0, 0.05) is 51.4 Å². The fraction of sp³-hybridized carbons (Fsp3) is 0.200. The van der Waals surface area contributed by atoms with Crippen LogP contribution in [-0.2, 0) is 0 Å². The number of hydrogen-bond donors (Lipinski definition) is 2. The van der Waals surface area contributed by atoms with E-state index in [9.17, 15) is 9.90 Å². The van der Waals surface area contributed by atoms with Crippen LogP contribution in [-0.4, -0.2) is 33.1 Å². The van der Waals surface area contributed by atoms with Gasteiger partial charge in [-0.2, -0.15) is 0 Å². The molecular weight excluding hydrogens is 494 g/mol. The smallest absolute Gasteiger partial charge is 0.152 e. The number of fused-ring (bicyclic) bond motifs is 4. The molecule has 7 rings (SSSR count). The van der Waals surface area contributed by atoms with Gasteiger partial charge < -0.3 is 15.0 Å². The topological polar surface area (TPSA) is 67.2 Å². The number of nitrogens with zero attached hydrogens (tertiary/aromatic N) is 2. The lowest BCUT2D eigenvalue weighted by Gasteiger charge is -2.22. The molecule has 1 aliphatic carbocycles. The molecule has 5 nitrogen and oxygen atoms in total. The first-order chi connectivity index (χ1) is 19.6. The fourth-order valence-electron chi connectivity index (χ4n) is 6.41. The number of aliphatic hydroxyl groups is 1. The molecule has 1 saturated carbocycles. The zero-order valence-electron chi connectivity index (χ0n) is 22.3. The van der Waals surface area contributed by atoms with Crippen LogP contribution in [0, 0.1) is 0 Å². The molecule has 6 aromatic rings. The lowest BCUT2D eigenvalue weighted by atomic mass is 9.98. The molecule has 198 valence electrons. The summed E-state index contributed by atoms with van der Waals surface area (Å²) >= 11 is 0. The molecule has 2 N–H and O–H groups in total. The van der Waals surface area contributed by atoms with Crippen molar-refractivity contribution in [1.29, 1.82) is 0 Å². The zero-order valence-corrected chi connectivity index (χ0v) is 22.3. The maximum atomic E-state index is 11.9. The van der Waals surface area contributed by atoms with Gasteiger partial charge in [0.05, 0.1) is 22.2 Å². The number of aromatic nitrogens is 2. The summed E-state index contributed by atoms with van der Waals surface area (Å²) in [7, 11) is 0. The second-order valence-electron chi connectivity index (χ2n) is 11.0. The number of benzene rings is 4. The summed E-state index contributed by atoms with van der Waals surface area (Å²) in [6.07, 6.45) is 7.40. The lowest BCUT2D eigenvalue weighted by molar-refractivity contribution is 0.0424. The Balaban J connectivity index is 1.35. The second kappa shape index (κ2) is 9.92. The predicted octanol–water partition coefficient (Wildman–Crippen LogP) is 7.92. The number of rotatable bonds is 7. The summed E-state index contributed by atoms with van der Waals surface area (Å²) in [5.74, 6) is 0. The maximum absolute atomic E-state index is 11.9. The Labute approximate surface area is 233 Å². The highest BCUT2D eigenvalue weighted by molar-refractivity contribution is 6.16. The third kappa shape index (κ3) is 4.23. The van der Waals surface area contributed by atoms with Gasteiger partial charge in [-0.3, -0.25) is 9.78 Å². The molecule has 0 unspecified atom stereocenters. The van der Waals surface area contributed by atoms with Gasteiger partial charge in [0.2, 0.25) is 0 Å². The maximum Gasteiger partial charge on any atom is 0.152 e. The zero-order chi connectivity index (χ0) is 27.1. The van der Waals surface area contributed by atoms with Crippen LogP contribution in [0.2, 0.25) is 0 Å². The molecule has 1 fully saturated rings. The molecule has 0 amide bonds. The van der Waals surface area contributed by atoms with E-state index in [2.05, 4.69) is 70.5 Å². The first-order valence-electron chi connectivity index (χ1n) is 14.1. The molecule has 0 radical (unpaired) electrons. The Morgan fingerprint density at radius 1 is 0.900 bits per heavy atom. The summed E-state index contributed by atoms with van der Waals surface area (Å²) in [5, 5.41) is 17.7. The first-order valence-corrected chi connectivity index (χ1v) is 14.1. The number of carbonyl (C=O) groups is 1. The summed E-state index contributed by atoms with van der Waals surface area (Å²) in [4.78, 5) is 16.7. The molecule has 0 spiro atoms. The van der Waals surface area contributed by atoms with E-state index in [-0.39, 0.29) is 0 Å². The van der Waals surface area contributed by atoms with Crippen molar-refractivity contribution >= 4 is 44.7 Å². The SMILES string of the molecule is O=Cc1ccc(-n2c3ccccc3c3c(-c4cnc5ccccc5c4)cccc32)cc1NCCC1(O)CCCC1. The number of anilines is 1. The standard InChI is InChI=1S/C35H31N3O2/c39-23-25-14-15-27(21-31(25)36-19-18-35(40)16-5-6-17-35)38-32-12-4-2-9-29(32)34-28(10-7-13-33(34)38)26-20-24-8-1-3-11-30(24)37-22-26/h1-4,7-15,20-23,36,40H,5-6,16-19H2. The highest BCUT2D eigenvalue weighted by Gasteiger charge is 2.30. The lowest BCUT2D eigenvalue weighted by Crippen LogP contribution is -2.27. The van der Waals surface area contributed by atoms with Crippen molar-refractivity contribution < 1.29 is 9.90 Å². The number of hydrogen-bond acceptors (Lipinski definition) is 4. The van der Waals surface area contributed by atoms with Gasteiger partial charge in [-0.1, -0.05) is 61.4 Å². The number of carbonyl (C=O) groups excluding carboxylic acids is 1. The van der Waals surface area contributed by atoms with E-state index in [1.165, 1.54) is 10.8 Å². The fourth-order valence-corrected chi connectivity index (χ4v) is 6.41. The third-order valence-electron chi connectivity index (χ3n) is 8.46. The van der Waals surface area contributed by atoms with Crippen LogP contribution in [0.5, 0.6) is 0 Å². The van der Waals surface area contributed by atoms with E-state index < -0.39 is 5.60 Å². The minimum atomic E-state index is -0.590. The predicted molar refractivity (Wildman–Crippen MR) is 163 cm³/mol. The van der Waals surface area contributed by atoms with Crippen molar-refractivity contribution in [3.63, 3.8) is 0 Å². The summed E-state index contributed by atoms with van der Waals surface area (Å²) in [6, 6.07) is 31.2. The highest BCUT2D eigenvalue weighted by Crippen LogP contribution is 2.39. The van der Waals surface area contributed by atoms with Crippen molar-refractivity contribution in [1.82, 2.24) is 9.55 Å². The van der Waals surface area contributed by atoms with Crippen LogP contribution in [0.1, 0.15) is 42.5 Å². The number of para-hydroxylation sites is 2. The van der Waals surface area contributed by atoms with E-state index in [1.807, 2.05) is 36.5 Å². The van der Waals surface area contributed by atoms with Gasteiger partial charge in [0.15, 0.2) is 6.29 Å². The Morgan fingerprint density at radius 3 is 2.58 bits per heavy atom. The monoisotopic (exact) mass is 525 g/mol. The van der Waals surface area contributed by atoms with Gasteiger partial charge in [-0.15, -0.1) is 0 Å². The molecule has 2 heterocycles. The van der Waals surface area contributed by atoms with Crippen molar-refractivity contribution in [3.05, 3.63) is 103 Å². The van der Waals surface area contributed by atoms with Crippen LogP contribution < -0.4 is 5.32 Å². The summed E-state index contributed by atoms with van der Waals surface area (Å²) < 4.78 is 2.27. The Bertz CT molecular complexity index is 1880. The van der Waals surface area contributed by atoms with Gasteiger partial charge in [0.1, 0.15) is 0 Å². The minimum Gasteiger partial charge on any atom is -0.390 e. The third-order valence-corrected chi connectivity index (χ3v) is 8.46. The largest absolute Gasteiger partial charge is 0.390 e. The van der Waals surface area contributed by atoms with Crippen LogP contribution in [0.4, 0.5) is 5.69 Å². The molecule has 0 aliphatic heterocycles. The van der Waals surface area contributed by atoms with Crippen LogP contribution in [0.15, 0.2) is 97.2 Å². The molecule has 0 saturated heterocycles. The van der Waals surface area contributed by atoms with Crippen molar-refractivity contribution in [2.45, 2.75) is 37.7 Å². The van der Waals surface area contributed by atoms with Gasteiger partial charge in [-0.25, -0.2) is 0 Å². The first kappa shape index (κ1) is 24.6. The molecule has 1 aliphatic rings. The second-order valence-corrected chi connectivity index (χ2v) is 11.0. The van der Waals surface area contributed by atoms with Gasteiger partial charge in [0.25, 0.3) is 0 Å². The molecule has 4 aromatic carbocycles. The highest BCUT2D eigenvalue weighted by atomic mass is 16.3. The van der Waals surface area contributed by atoms with Gasteiger partial charge in [-0.05, 0) is 67.3 Å². The Kier molecular flexibility index (Phi) is 6.09. The Hall–Kier alpha value is -4.48. The van der Waals surface area contributed by atoms with E-state index in [0.29, 0.717) is 18.5 Å². The quantitative estimate of drug-likeness (QED) is 0.208. The number of pyridine rings is 1. The summed E-state index contributed by atoms with van der Waals surface area (Å²) in [5.41, 5.74) is 7.19. The normalized spacial score (nSPS) is 14.7. The van der Waals surface area contributed by atoms with E-state index >= 15 is 0 Å². The average Bonchev–Trinajstić information content (AvgIpc) is 3.58.